The second-order valence-electron chi connectivity index (χ2n) is 8.81. The van der Waals surface area contributed by atoms with Gasteiger partial charge in [-0.05, 0) is 62.9 Å². The van der Waals surface area contributed by atoms with Gasteiger partial charge in [0.25, 0.3) is 0 Å². The van der Waals surface area contributed by atoms with Crippen LogP contribution in [0.3, 0.4) is 0 Å². The summed E-state index contributed by atoms with van der Waals surface area (Å²) in [5.74, 6) is 1.16. The molecule has 0 unspecified atom stereocenters. The molecule has 0 aliphatic carbocycles. The van der Waals surface area contributed by atoms with E-state index < -0.39 is 10.0 Å². The molecule has 0 saturated heterocycles. The Bertz CT molecular complexity index is 1210. The van der Waals surface area contributed by atoms with E-state index in [0.717, 1.165) is 16.9 Å². The smallest absolute Gasteiger partial charge is 0.244 e. The number of benzene rings is 2. The van der Waals surface area contributed by atoms with Crippen LogP contribution in [0.25, 0.3) is 0 Å². The van der Waals surface area contributed by atoms with Crippen molar-refractivity contribution in [3.63, 3.8) is 0 Å². The molecular weight excluding hydrogens is 448 g/mol. The van der Waals surface area contributed by atoms with Crippen LogP contribution in [0.5, 0.6) is 0 Å². The van der Waals surface area contributed by atoms with Crippen LogP contribution in [0.4, 0.5) is 0 Å². The van der Waals surface area contributed by atoms with E-state index in [1.165, 1.54) is 4.31 Å². The van der Waals surface area contributed by atoms with Crippen molar-refractivity contribution in [1.82, 2.24) is 9.21 Å². The minimum atomic E-state index is -3.85. The molecule has 3 rings (SSSR count). The molecule has 0 fully saturated rings. The fourth-order valence-corrected chi connectivity index (χ4v) is 6.17. The van der Waals surface area contributed by atoms with Crippen molar-refractivity contribution in [3.8, 4) is 0 Å². The second kappa shape index (κ2) is 11.0. The first-order valence-electron chi connectivity index (χ1n) is 11.6. The van der Waals surface area contributed by atoms with Crippen LogP contribution in [0.2, 0.25) is 0 Å². The highest BCUT2D eigenvalue weighted by Crippen LogP contribution is 2.26. The van der Waals surface area contributed by atoms with Crippen LogP contribution in [0.1, 0.15) is 47.1 Å². The molecule has 182 valence electrons. The van der Waals surface area contributed by atoms with E-state index in [1.54, 1.807) is 18.7 Å². The molecule has 0 spiro atoms. The summed E-state index contributed by atoms with van der Waals surface area (Å²) in [6.07, 6.45) is 0.604. The molecule has 1 aromatic heterocycles. The number of rotatable bonds is 10. The lowest BCUT2D eigenvalue weighted by atomic mass is 10.1. The van der Waals surface area contributed by atoms with Crippen LogP contribution in [0.15, 0.2) is 63.9 Å². The van der Waals surface area contributed by atoms with Crippen LogP contribution < -0.4 is 0 Å². The Morgan fingerprint density at radius 2 is 1.56 bits per heavy atom. The van der Waals surface area contributed by atoms with Gasteiger partial charge in [-0.3, -0.25) is 4.79 Å². The van der Waals surface area contributed by atoms with Crippen molar-refractivity contribution in [2.75, 3.05) is 13.1 Å². The fraction of sp³-hybridized carbons (Fsp3) is 0.370. The zero-order valence-corrected chi connectivity index (χ0v) is 21.5. The van der Waals surface area contributed by atoms with E-state index in [9.17, 15) is 13.2 Å². The highest BCUT2D eigenvalue weighted by atomic mass is 32.2. The Labute approximate surface area is 203 Å². The molecule has 0 radical (unpaired) electrons. The molecule has 0 N–H and O–H groups in total. The van der Waals surface area contributed by atoms with E-state index in [4.69, 9.17) is 4.42 Å². The Balaban J connectivity index is 1.91. The Morgan fingerprint density at radius 3 is 2.12 bits per heavy atom. The van der Waals surface area contributed by atoms with Crippen molar-refractivity contribution in [3.05, 3.63) is 88.4 Å². The number of hydrogen-bond acceptors (Lipinski definition) is 4. The van der Waals surface area contributed by atoms with Gasteiger partial charge in [0.1, 0.15) is 11.5 Å². The summed E-state index contributed by atoms with van der Waals surface area (Å²) in [7, 11) is -3.85. The van der Waals surface area contributed by atoms with Gasteiger partial charge in [-0.2, -0.15) is 4.31 Å². The fourth-order valence-electron chi connectivity index (χ4n) is 4.28. The van der Waals surface area contributed by atoms with E-state index >= 15 is 0 Å². The third-order valence-corrected chi connectivity index (χ3v) is 7.85. The summed E-state index contributed by atoms with van der Waals surface area (Å²) in [5, 5.41) is 0. The lowest BCUT2D eigenvalue weighted by molar-refractivity contribution is -0.133. The Morgan fingerprint density at radius 1 is 0.912 bits per heavy atom. The molecule has 3 aromatic rings. The van der Waals surface area contributed by atoms with E-state index in [0.29, 0.717) is 29.9 Å². The monoisotopic (exact) mass is 482 g/mol. The number of nitrogens with zero attached hydrogens (tertiary/aromatic N) is 2. The molecule has 0 aliphatic rings. The number of carbonyl (C=O) groups is 1. The molecule has 1 amide bonds. The normalized spacial score (nSPS) is 11.7. The molecular formula is C27H34N2O4S. The summed E-state index contributed by atoms with van der Waals surface area (Å²) < 4.78 is 34.4. The maximum Gasteiger partial charge on any atom is 0.244 e. The van der Waals surface area contributed by atoms with Crippen LogP contribution in [-0.4, -0.2) is 36.6 Å². The average Bonchev–Trinajstić information content (AvgIpc) is 3.17. The maximum atomic E-state index is 13.7. The van der Waals surface area contributed by atoms with Gasteiger partial charge in [0.2, 0.25) is 15.9 Å². The molecule has 0 atom stereocenters. The quantitative estimate of drug-likeness (QED) is 0.401. The largest absolute Gasteiger partial charge is 0.464 e. The number of sulfonamides is 1. The molecule has 0 saturated carbocycles. The first-order valence-corrected chi connectivity index (χ1v) is 13.0. The lowest BCUT2D eigenvalue weighted by Gasteiger charge is -2.28. The summed E-state index contributed by atoms with van der Waals surface area (Å²) in [6.45, 7) is 9.99. The minimum Gasteiger partial charge on any atom is -0.464 e. The zero-order chi connectivity index (χ0) is 24.9. The van der Waals surface area contributed by atoms with Crippen LogP contribution >= 0.6 is 0 Å². The lowest BCUT2D eigenvalue weighted by Crippen LogP contribution is -2.43. The molecule has 0 aliphatic heterocycles. The van der Waals surface area contributed by atoms with Gasteiger partial charge in [-0.25, -0.2) is 8.42 Å². The van der Waals surface area contributed by atoms with Gasteiger partial charge in [0.05, 0.1) is 18.0 Å². The van der Waals surface area contributed by atoms with Crippen LogP contribution in [-0.2, 0) is 27.9 Å². The highest BCUT2D eigenvalue weighted by molar-refractivity contribution is 7.89. The second-order valence-corrected chi connectivity index (χ2v) is 10.7. The first-order chi connectivity index (χ1) is 16.1. The van der Waals surface area contributed by atoms with E-state index in [1.807, 2.05) is 75.4 Å². The van der Waals surface area contributed by atoms with Gasteiger partial charge < -0.3 is 9.32 Å². The third kappa shape index (κ3) is 6.15. The summed E-state index contributed by atoms with van der Waals surface area (Å²) in [4.78, 5) is 15.5. The van der Waals surface area contributed by atoms with Crippen molar-refractivity contribution in [2.24, 2.45) is 0 Å². The number of carbonyl (C=O) groups excluding carboxylic acids is 1. The predicted octanol–water partition coefficient (Wildman–Crippen LogP) is 5.14. The summed E-state index contributed by atoms with van der Waals surface area (Å²) >= 11 is 0. The van der Waals surface area contributed by atoms with Crippen molar-refractivity contribution >= 4 is 15.9 Å². The molecule has 34 heavy (non-hydrogen) atoms. The Kier molecular flexibility index (Phi) is 8.33. The standard InChI is InChI=1S/C27H34N2O4S/c1-6-14-29(34(31,32)27-21(3)15-20(2)16-22(27)4)19-26(30)28(17-24-10-8-7-9-11-24)18-25-13-12-23(5)33-25/h7-13,15-16H,6,14,17-19H2,1-5H3. The SMILES string of the molecule is CCCN(CC(=O)N(Cc1ccccc1)Cc1ccc(C)o1)S(=O)(=O)c1c(C)cc(C)cc1C. The van der Waals surface area contributed by atoms with Gasteiger partial charge in [-0.1, -0.05) is 55.0 Å². The topological polar surface area (TPSA) is 70.8 Å². The van der Waals surface area contributed by atoms with Gasteiger partial charge in [0, 0.05) is 13.1 Å². The highest BCUT2D eigenvalue weighted by Gasteiger charge is 2.30. The minimum absolute atomic E-state index is 0.227. The summed E-state index contributed by atoms with van der Waals surface area (Å²) in [6, 6.07) is 17.1. The third-order valence-electron chi connectivity index (χ3n) is 5.70. The van der Waals surface area contributed by atoms with Gasteiger partial charge in [-0.15, -0.1) is 0 Å². The molecule has 0 bridgehead atoms. The van der Waals surface area contributed by atoms with Crippen LogP contribution in [0, 0.1) is 27.7 Å². The number of aryl methyl sites for hydroxylation is 4. The maximum absolute atomic E-state index is 13.7. The molecule has 2 aromatic carbocycles. The zero-order valence-electron chi connectivity index (χ0n) is 20.7. The summed E-state index contributed by atoms with van der Waals surface area (Å²) in [5.41, 5.74) is 3.36. The molecule has 1 heterocycles. The van der Waals surface area contributed by atoms with Crippen molar-refractivity contribution in [2.45, 2.75) is 59.0 Å². The van der Waals surface area contributed by atoms with Crippen molar-refractivity contribution < 1.29 is 17.6 Å². The van der Waals surface area contributed by atoms with E-state index in [2.05, 4.69) is 0 Å². The van der Waals surface area contributed by atoms with Gasteiger partial charge in [0.15, 0.2) is 0 Å². The number of amides is 1. The molecule has 6 nitrogen and oxygen atoms in total. The predicted molar refractivity (Wildman–Crippen MR) is 134 cm³/mol. The molecule has 7 heteroatoms. The van der Waals surface area contributed by atoms with Gasteiger partial charge >= 0.3 is 0 Å². The van der Waals surface area contributed by atoms with E-state index in [-0.39, 0.29) is 30.4 Å². The average molecular weight is 483 g/mol. The number of hydrogen-bond donors (Lipinski definition) is 0. The first kappa shape index (κ1) is 25.7. The Hall–Kier alpha value is -2.90. The van der Waals surface area contributed by atoms with Crippen molar-refractivity contribution in [1.29, 1.82) is 0 Å². The number of furan rings is 1.